The van der Waals surface area contributed by atoms with Gasteiger partial charge in [0.1, 0.15) is 6.67 Å². The summed E-state index contributed by atoms with van der Waals surface area (Å²) in [5.41, 5.74) is 9.63. The summed E-state index contributed by atoms with van der Waals surface area (Å²) >= 11 is 0. The third kappa shape index (κ3) is 4.06. The van der Waals surface area contributed by atoms with Gasteiger partial charge >= 0.3 is 0 Å². The second-order valence-corrected chi connectivity index (χ2v) is 7.32. The van der Waals surface area contributed by atoms with Crippen molar-refractivity contribution < 1.29 is 0 Å². The van der Waals surface area contributed by atoms with E-state index in [9.17, 15) is 0 Å². The van der Waals surface area contributed by atoms with Crippen molar-refractivity contribution in [1.29, 1.82) is 0 Å². The van der Waals surface area contributed by atoms with Crippen LogP contribution in [0, 0.1) is 41.3 Å². The van der Waals surface area contributed by atoms with E-state index in [1.165, 1.54) is 38.9 Å². The highest BCUT2D eigenvalue weighted by Crippen LogP contribution is 2.22. The topological polar surface area (TPSA) is 6.48 Å². The predicted molar refractivity (Wildman–Crippen MR) is 101 cm³/mol. The molecule has 0 aliphatic carbocycles. The molecular weight excluding hydrogens is 292 g/mol. The highest BCUT2D eigenvalue weighted by Gasteiger charge is 2.23. The maximum Gasteiger partial charge on any atom is 0.147 e. The SMILES string of the molecule is Cc1cc(C)cc(CN2[C]N(Cc3c(C)cc(C)cc3C)CC2)c1. The van der Waals surface area contributed by atoms with Crippen LogP contribution in [0.5, 0.6) is 0 Å². The molecule has 1 saturated heterocycles. The first kappa shape index (κ1) is 17.2. The molecule has 2 nitrogen and oxygen atoms in total. The molecule has 24 heavy (non-hydrogen) atoms. The Hall–Kier alpha value is -1.64. The Balaban J connectivity index is 1.63. The molecule has 1 aliphatic rings. The summed E-state index contributed by atoms with van der Waals surface area (Å²) in [5, 5.41) is 0. The van der Waals surface area contributed by atoms with Gasteiger partial charge in [0.2, 0.25) is 0 Å². The first-order valence-electron chi connectivity index (χ1n) is 8.81. The largest absolute Gasteiger partial charge is 0.274 e. The van der Waals surface area contributed by atoms with Gasteiger partial charge in [-0.3, -0.25) is 9.80 Å². The van der Waals surface area contributed by atoms with E-state index in [0.717, 1.165) is 26.2 Å². The highest BCUT2D eigenvalue weighted by atomic mass is 15.4. The fraction of sp³-hybridized carbons (Fsp3) is 0.409. The first-order valence-corrected chi connectivity index (χ1v) is 8.81. The summed E-state index contributed by atoms with van der Waals surface area (Å²) < 4.78 is 0. The van der Waals surface area contributed by atoms with Crippen LogP contribution in [0.4, 0.5) is 0 Å². The van der Waals surface area contributed by atoms with Crippen molar-refractivity contribution in [3.8, 4) is 0 Å². The lowest BCUT2D eigenvalue weighted by Crippen LogP contribution is -2.20. The third-order valence-electron chi connectivity index (χ3n) is 4.77. The van der Waals surface area contributed by atoms with Gasteiger partial charge in [0.15, 0.2) is 0 Å². The summed E-state index contributed by atoms with van der Waals surface area (Å²) in [6.07, 6.45) is 0. The summed E-state index contributed by atoms with van der Waals surface area (Å²) in [4.78, 5) is 4.64. The quantitative estimate of drug-likeness (QED) is 0.816. The lowest BCUT2D eigenvalue weighted by atomic mass is 9.99. The summed E-state index contributed by atoms with van der Waals surface area (Å²) in [5.74, 6) is 0. The number of aryl methyl sites for hydroxylation is 5. The zero-order valence-electron chi connectivity index (χ0n) is 15.6. The van der Waals surface area contributed by atoms with Crippen LogP contribution in [0.2, 0.25) is 0 Å². The van der Waals surface area contributed by atoms with Gasteiger partial charge in [-0.05, 0) is 56.9 Å². The van der Waals surface area contributed by atoms with E-state index in [1.807, 2.05) is 0 Å². The molecule has 0 bridgehead atoms. The van der Waals surface area contributed by atoms with E-state index >= 15 is 0 Å². The molecule has 2 heteroatoms. The Kier molecular flexibility index (Phi) is 5.07. The van der Waals surface area contributed by atoms with Gasteiger partial charge in [-0.1, -0.05) is 47.0 Å². The van der Waals surface area contributed by atoms with Gasteiger partial charge in [-0.25, -0.2) is 0 Å². The van der Waals surface area contributed by atoms with Crippen molar-refractivity contribution in [1.82, 2.24) is 9.80 Å². The Labute approximate surface area is 147 Å². The molecule has 0 aromatic heterocycles. The number of rotatable bonds is 4. The van der Waals surface area contributed by atoms with Gasteiger partial charge in [0, 0.05) is 26.2 Å². The molecule has 1 fully saturated rings. The lowest BCUT2D eigenvalue weighted by Gasteiger charge is -2.19. The van der Waals surface area contributed by atoms with Crippen LogP contribution in [-0.2, 0) is 13.1 Å². The molecule has 1 aliphatic heterocycles. The van der Waals surface area contributed by atoms with Crippen LogP contribution >= 0.6 is 0 Å². The minimum Gasteiger partial charge on any atom is -0.274 e. The first-order chi connectivity index (χ1) is 11.4. The molecule has 2 aromatic rings. The molecule has 0 saturated carbocycles. The van der Waals surface area contributed by atoms with Crippen molar-refractivity contribution in [2.45, 2.75) is 47.7 Å². The molecule has 0 amide bonds. The van der Waals surface area contributed by atoms with Crippen molar-refractivity contribution in [3.63, 3.8) is 0 Å². The fourth-order valence-corrected chi connectivity index (χ4v) is 3.80. The maximum atomic E-state index is 3.56. The molecule has 126 valence electrons. The van der Waals surface area contributed by atoms with Gasteiger partial charge in [-0.15, -0.1) is 0 Å². The van der Waals surface area contributed by atoms with Gasteiger partial charge in [0.25, 0.3) is 0 Å². The van der Waals surface area contributed by atoms with Crippen molar-refractivity contribution in [2.75, 3.05) is 13.1 Å². The van der Waals surface area contributed by atoms with Crippen LogP contribution in [0.3, 0.4) is 0 Å². The molecule has 2 aromatic carbocycles. The smallest absolute Gasteiger partial charge is 0.147 e. The van der Waals surface area contributed by atoms with E-state index in [0.29, 0.717) is 0 Å². The van der Waals surface area contributed by atoms with Gasteiger partial charge in [0.05, 0.1) is 0 Å². The minimum atomic E-state index is 0.949. The average Bonchev–Trinajstić information content (AvgIpc) is 2.89. The number of hydrogen-bond acceptors (Lipinski definition) is 2. The van der Waals surface area contributed by atoms with Crippen molar-refractivity contribution in [2.24, 2.45) is 0 Å². The van der Waals surface area contributed by atoms with Crippen molar-refractivity contribution in [3.05, 3.63) is 75.9 Å². The Morgan fingerprint density at radius 3 is 1.79 bits per heavy atom. The Morgan fingerprint density at radius 2 is 1.21 bits per heavy atom. The standard InChI is InChI=1S/C22H28N2/c1-16-8-17(2)12-21(11-16)13-23-6-7-24(15-23)14-22-19(4)9-18(3)10-20(22)5/h8-12H,6-7,13-14H2,1-5H3. The molecule has 3 rings (SSSR count). The van der Waals surface area contributed by atoms with Crippen LogP contribution in [0.25, 0.3) is 0 Å². The summed E-state index contributed by atoms with van der Waals surface area (Å²) in [7, 11) is 0. The van der Waals surface area contributed by atoms with Crippen molar-refractivity contribution >= 4 is 0 Å². The number of nitrogens with zero attached hydrogens (tertiary/aromatic N) is 2. The third-order valence-corrected chi connectivity index (χ3v) is 4.77. The molecule has 0 atom stereocenters. The van der Waals surface area contributed by atoms with Crippen LogP contribution in [0.15, 0.2) is 30.3 Å². The Morgan fingerprint density at radius 1 is 0.708 bits per heavy atom. The Bertz CT molecular complexity index is 689. The van der Waals surface area contributed by atoms with E-state index < -0.39 is 0 Å². The number of hydrogen-bond donors (Lipinski definition) is 0. The molecule has 0 N–H and O–H groups in total. The van der Waals surface area contributed by atoms with E-state index in [1.54, 1.807) is 0 Å². The van der Waals surface area contributed by atoms with Crippen LogP contribution in [-0.4, -0.2) is 22.9 Å². The van der Waals surface area contributed by atoms with E-state index in [-0.39, 0.29) is 0 Å². The van der Waals surface area contributed by atoms with Gasteiger partial charge < -0.3 is 0 Å². The number of benzene rings is 2. The molecule has 1 heterocycles. The maximum absolute atomic E-state index is 3.56. The summed E-state index contributed by atoms with van der Waals surface area (Å²) in [6.45, 7) is 18.5. The van der Waals surface area contributed by atoms with Crippen LogP contribution < -0.4 is 0 Å². The molecule has 2 radical (unpaired) electrons. The predicted octanol–water partition coefficient (Wildman–Crippen LogP) is 4.54. The van der Waals surface area contributed by atoms with E-state index in [2.05, 4.69) is 81.4 Å². The zero-order chi connectivity index (χ0) is 17.3. The minimum absolute atomic E-state index is 0.949. The molecule has 0 spiro atoms. The molecule has 0 unspecified atom stereocenters. The monoisotopic (exact) mass is 320 g/mol. The van der Waals surface area contributed by atoms with Gasteiger partial charge in [-0.2, -0.15) is 0 Å². The second kappa shape index (κ2) is 7.08. The van der Waals surface area contributed by atoms with Crippen LogP contribution in [0.1, 0.15) is 38.9 Å². The molecular formula is C22H28N2. The average molecular weight is 320 g/mol. The second-order valence-electron chi connectivity index (χ2n) is 7.32. The zero-order valence-corrected chi connectivity index (χ0v) is 15.6. The summed E-state index contributed by atoms with van der Waals surface area (Å²) in [6, 6.07) is 11.4. The van der Waals surface area contributed by atoms with E-state index in [4.69, 9.17) is 0 Å². The lowest BCUT2D eigenvalue weighted by molar-refractivity contribution is 0.313. The normalized spacial score (nSPS) is 16.0. The highest BCUT2D eigenvalue weighted by molar-refractivity contribution is 5.37. The fourth-order valence-electron chi connectivity index (χ4n) is 3.80.